The Kier molecular flexibility index (Phi) is 39.1. The lowest BCUT2D eigenvalue weighted by atomic mass is 10.1. The quantitative estimate of drug-likeness (QED) is 0.0264. The Morgan fingerprint density at radius 1 is 0.620 bits per heavy atom. The maximum Gasteiger partial charge on any atom is 0.264 e. The SMILES string of the molecule is CCCCCCCCCCCCCC[NH+](CC)CCC(=O)NCCC[N+](CC)(CCCC)CCCC.CCOS(=O)(=O)[O-].CCOS(C)(=O)=O. The molecule has 0 bridgehead atoms. The number of rotatable bonds is 32. The highest BCUT2D eigenvalue weighted by Gasteiger charge is 2.23. The van der Waals surface area contributed by atoms with Gasteiger partial charge < -0.3 is 19.3 Å². The average molecular weight is 761 g/mol. The van der Waals surface area contributed by atoms with Crippen molar-refractivity contribution in [1.82, 2.24) is 5.32 Å². The first-order valence-electron chi connectivity index (χ1n) is 20.1. The number of hydrogen-bond acceptors (Lipinski definition) is 8. The summed E-state index contributed by atoms with van der Waals surface area (Å²) in [6.07, 6.45) is 24.9. The van der Waals surface area contributed by atoms with Crippen molar-refractivity contribution in [3.05, 3.63) is 0 Å². The van der Waals surface area contributed by atoms with Crippen LogP contribution in [-0.4, -0.2) is 104 Å². The van der Waals surface area contributed by atoms with Crippen LogP contribution in [0.4, 0.5) is 0 Å². The number of nitrogens with one attached hydrogen (secondary N) is 2. The summed E-state index contributed by atoms with van der Waals surface area (Å²) in [6, 6.07) is 0. The van der Waals surface area contributed by atoms with Gasteiger partial charge >= 0.3 is 0 Å². The van der Waals surface area contributed by atoms with E-state index in [0.29, 0.717) is 6.42 Å². The molecule has 0 saturated carbocycles. The van der Waals surface area contributed by atoms with E-state index < -0.39 is 20.5 Å². The highest BCUT2D eigenvalue weighted by molar-refractivity contribution is 7.86. The van der Waals surface area contributed by atoms with E-state index in [1.54, 1.807) is 11.8 Å². The van der Waals surface area contributed by atoms with Gasteiger partial charge in [-0.1, -0.05) is 97.8 Å². The van der Waals surface area contributed by atoms with Crippen molar-refractivity contribution in [3.8, 4) is 0 Å². The van der Waals surface area contributed by atoms with Gasteiger partial charge in [0.2, 0.25) is 16.3 Å². The van der Waals surface area contributed by atoms with Gasteiger partial charge in [-0.3, -0.25) is 13.2 Å². The molecular formula is C37H82N3O8S2+. The zero-order valence-corrected chi connectivity index (χ0v) is 35.5. The van der Waals surface area contributed by atoms with E-state index in [9.17, 15) is 26.2 Å². The molecule has 304 valence electrons. The molecule has 1 atom stereocenters. The average Bonchev–Trinajstić information content (AvgIpc) is 3.05. The summed E-state index contributed by atoms with van der Waals surface area (Å²) in [4.78, 5) is 14.0. The van der Waals surface area contributed by atoms with Crippen molar-refractivity contribution in [2.24, 2.45) is 0 Å². The van der Waals surface area contributed by atoms with Crippen LogP contribution >= 0.6 is 0 Å². The van der Waals surface area contributed by atoms with Crippen LogP contribution in [0.5, 0.6) is 0 Å². The Balaban J connectivity index is -0.00000131. The number of amides is 1. The Morgan fingerprint density at radius 3 is 1.40 bits per heavy atom. The fourth-order valence-corrected chi connectivity index (χ4v) is 6.59. The second kappa shape index (κ2) is 36.5. The molecule has 0 aromatic carbocycles. The maximum absolute atomic E-state index is 12.4. The molecule has 0 radical (unpaired) electrons. The lowest BCUT2D eigenvalue weighted by molar-refractivity contribution is -0.927. The third kappa shape index (κ3) is 41.6. The molecule has 0 rings (SSSR count). The molecule has 1 amide bonds. The highest BCUT2D eigenvalue weighted by Crippen LogP contribution is 2.14. The van der Waals surface area contributed by atoms with E-state index in [4.69, 9.17) is 0 Å². The first-order valence-corrected chi connectivity index (χ1v) is 23.2. The van der Waals surface area contributed by atoms with Crippen molar-refractivity contribution < 1.29 is 43.9 Å². The maximum atomic E-state index is 12.4. The molecule has 11 nitrogen and oxygen atoms in total. The molecule has 0 aromatic heterocycles. The van der Waals surface area contributed by atoms with Crippen LogP contribution < -0.4 is 10.2 Å². The third-order valence-corrected chi connectivity index (χ3v) is 10.1. The minimum absolute atomic E-state index is 0.0914. The number of nitrogens with zero attached hydrogens (tertiary/aromatic N) is 1. The highest BCUT2D eigenvalue weighted by atomic mass is 32.3. The van der Waals surface area contributed by atoms with Gasteiger partial charge in [0.1, 0.15) is 0 Å². The zero-order valence-electron chi connectivity index (χ0n) is 33.8. The molecule has 1 unspecified atom stereocenters. The van der Waals surface area contributed by atoms with Gasteiger partial charge in [0, 0.05) is 13.0 Å². The van der Waals surface area contributed by atoms with Crippen molar-refractivity contribution in [1.29, 1.82) is 0 Å². The van der Waals surface area contributed by atoms with Gasteiger partial charge in [0.25, 0.3) is 10.1 Å². The largest absolute Gasteiger partial charge is 0.726 e. The molecule has 0 spiro atoms. The molecule has 13 heteroatoms. The van der Waals surface area contributed by atoms with Crippen LogP contribution in [0, 0.1) is 0 Å². The summed E-state index contributed by atoms with van der Waals surface area (Å²) in [7, 11) is -7.60. The van der Waals surface area contributed by atoms with Crippen LogP contribution in [0.1, 0.15) is 164 Å². The molecule has 0 aromatic rings. The first kappa shape index (κ1) is 53.5. The van der Waals surface area contributed by atoms with Gasteiger partial charge in [-0.2, -0.15) is 8.42 Å². The second-order valence-corrected chi connectivity index (χ2v) is 16.1. The molecule has 0 aliphatic heterocycles. The van der Waals surface area contributed by atoms with Crippen LogP contribution in [0.25, 0.3) is 0 Å². The molecular weight excluding hydrogens is 679 g/mol. The van der Waals surface area contributed by atoms with Crippen LogP contribution in [0.2, 0.25) is 0 Å². The van der Waals surface area contributed by atoms with E-state index in [2.05, 4.69) is 48.3 Å². The van der Waals surface area contributed by atoms with Gasteiger partial charge in [0.05, 0.1) is 71.7 Å². The standard InChI is InChI=1S/C32H67N3O.C3H8O3S.C2H6O4S/c1-6-11-14-15-16-17-18-19-20-21-22-23-27-34(9-4)28-25-32(36)33-26-24-31-35(10-5,29-12-7-2)30-13-8-3;1-3-6-7(2,4)5;1-2-6-7(3,4)5/h6-31H2,1-5H3;3H2,1-2H3;2H2,1H3,(H,3,4,5)/p+1. The second-order valence-electron chi connectivity index (χ2n) is 13.4. The van der Waals surface area contributed by atoms with E-state index in [1.807, 2.05) is 0 Å². The molecule has 0 heterocycles. The number of hydrogen-bond donors (Lipinski definition) is 2. The van der Waals surface area contributed by atoms with Crippen LogP contribution in [0.3, 0.4) is 0 Å². The van der Waals surface area contributed by atoms with Crippen molar-refractivity contribution in [3.63, 3.8) is 0 Å². The fourth-order valence-electron chi connectivity index (χ4n) is 5.87. The minimum Gasteiger partial charge on any atom is -0.726 e. The molecule has 0 saturated heterocycles. The summed E-state index contributed by atoms with van der Waals surface area (Å²) in [5.41, 5.74) is 0. The van der Waals surface area contributed by atoms with Crippen molar-refractivity contribution >= 4 is 26.4 Å². The summed E-state index contributed by atoms with van der Waals surface area (Å²) >= 11 is 0. The summed E-state index contributed by atoms with van der Waals surface area (Å²) in [5.74, 6) is 0.257. The number of unbranched alkanes of at least 4 members (excludes halogenated alkanes) is 13. The van der Waals surface area contributed by atoms with E-state index >= 15 is 0 Å². The topological polar surface area (TPSA) is 143 Å². The van der Waals surface area contributed by atoms with E-state index in [1.165, 1.54) is 147 Å². The Bertz CT molecular complexity index is 908. The Morgan fingerprint density at radius 2 is 1.06 bits per heavy atom. The molecule has 0 fully saturated rings. The van der Waals surface area contributed by atoms with Gasteiger partial charge in [-0.15, -0.1) is 0 Å². The molecule has 50 heavy (non-hydrogen) atoms. The van der Waals surface area contributed by atoms with Gasteiger partial charge in [-0.05, 0) is 53.4 Å². The predicted molar refractivity (Wildman–Crippen MR) is 208 cm³/mol. The molecule has 2 N–H and O–H groups in total. The Hall–Kier alpha value is -0.830. The van der Waals surface area contributed by atoms with Gasteiger partial charge in [0.15, 0.2) is 0 Å². The number of quaternary nitrogens is 2. The van der Waals surface area contributed by atoms with E-state index in [0.717, 1.165) is 32.3 Å². The lowest BCUT2D eigenvalue weighted by Crippen LogP contribution is -3.11. The third-order valence-electron chi connectivity index (χ3n) is 8.96. The summed E-state index contributed by atoms with van der Waals surface area (Å²) < 4.78 is 57.5. The molecule has 0 aliphatic rings. The van der Waals surface area contributed by atoms with Gasteiger partial charge in [-0.25, -0.2) is 8.42 Å². The lowest BCUT2D eigenvalue weighted by Gasteiger charge is -2.38. The first-order chi connectivity index (χ1) is 23.7. The normalized spacial score (nSPS) is 12.4. The summed E-state index contributed by atoms with van der Waals surface area (Å²) in [6.45, 7) is 23.9. The van der Waals surface area contributed by atoms with Crippen LogP contribution in [0.15, 0.2) is 0 Å². The smallest absolute Gasteiger partial charge is 0.264 e. The minimum atomic E-state index is -4.42. The monoisotopic (exact) mass is 761 g/mol. The molecule has 0 aliphatic carbocycles. The van der Waals surface area contributed by atoms with Crippen molar-refractivity contribution in [2.75, 3.05) is 71.8 Å². The fraction of sp³-hybridized carbons (Fsp3) is 0.973. The van der Waals surface area contributed by atoms with E-state index in [-0.39, 0.29) is 19.1 Å². The Labute approximate surface area is 310 Å². The number of carbonyl (C=O) groups is 1. The number of carbonyl (C=O) groups excluding carboxylic acids is 1. The van der Waals surface area contributed by atoms with Crippen molar-refractivity contribution in [2.45, 2.75) is 164 Å². The predicted octanol–water partition coefficient (Wildman–Crippen LogP) is 6.39. The zero-order chi connectivity index (χ0) is 38.6. The van der Waals surface area contributed by atoms with Crippen LogP contribution in [-0.2, 0) is 33.7 Å². The summed E-state index contributed by atoms with van der Waals surface area (Å²) in [5, 5.41) is 3.22.